The highest BCUT2D eigenvalue weighted by Crippen LogP contribution is 2.53. The summed E-state index contributed by atoms with van der Waals surface area (Å²) in [6, 6.07) is 8.67. The van der Waals surface area contributed by atoms with E-state index < -0.39 is 0 Å². The Labute approximate surface area is 155 Å². The first-order chi connectivity index (χ1) is 11.1. The third-order valence-electron chi connectivity index (χ3n) is 4.89. The first kappa shape index (κ1) is 17.1. The van der Waals surface area contributed by atoms with E-state index in [0.717, 1.165) is 20.6 Å². The molecule has 0 saturated heterocycles. The molecule has 23 heavy (non-hydrogen) atoms. The van der Waals surface area contributed by atoms with Crippen LogP contribution in [-0.4, -0.2) is 9.97 Å². The monoisotopic (exact) mass is 436 g/mol. The molecule has 0 unspecified atom stereocenters. The lowest BCUT2D eigenvalue weighted by Crippen LogP contribution is -2.25. The van der Waals surface area contributed by atoms with Crippen molar-refractivity contribution in [3.05, 3.63) is 44.6 Å². The van der Waals surface area contributed by atoms with Gasteiger partial charge < -0.3 is 0 Å². The van der Waals surface area contributed by atoms with E-state index in [1.165, 1.54) is 49.7 Å². The summed E-state index contributed by atoms with van der Waals surface area (Å²) in [5.74, 6) is 0. The molecule has 1 aliphatic rings. The SMILES string of the molecule is CCCCC1(CCCC)c2ccc(Br)nc2-c2nc(Br)ccc21. The van der Waals surface area contributed by atoms with Gasteiger partial charge in [0.15, 0.2) is 0 Å². The van der Waals surface area contributed by atoms with Gasteiger partial charge in [-0.25, -0.2) is 9.97 Å². The van der Waals surface area contributed by atoms with Gasteiger partial charge in [0, 0.05) is 5.41 Å². The van der Waals surface area contributed by atoms with Gasteiger partial charge in [0.2, 0.25) is 0 Å². The molecule has 0 atom stereocenters. The minimum absolute atomic E-state index is 0.0814. The van der Waals surface area contributed by atoms with Crippen molar-refractivity contribution in [3.63, 3.8) is 0 Å². The van der Waals surface area contributed by atoms with Gasteiger partial charge in [0.1, 0.15) is 9.21 Å². The van der Waals surface area contributed by atoms with E-state index in [1.54, 1.807) is 0 Å². The Morgan fingerprint density at radius 2 is 1.22 bits per heavy atom. The molecule has 0 aromatic carbocycles. The van der Waals surface area contributed by atoms with Crippen LogP contribution in [0.3, 0.4) is 0 Å². The standard InChI is InChI=1S/C19H22Br2N2/c1-3-5-11-19(12-6-4-2)13-7-9-15(20)22-17(13)18-14(19)8-10-16(21)23-18/h7-10H,3-6,11-12H2,1-2H3. The van der Waals surface area contributed by atoms with Crippen molar-refractivity contribution in [3.8, 4) is 11.4 Å². The van der Waals surface area contributed by atoms with Gasteiger partial charge in [-0.3, -0.25) is 0 Å². The number of nitrogens with zero attached hydrogens (tertiary/aromatic N) is 2. The van der Waals surface area contributed by atoms with Crippen LogP contribution in [0.4, 0.5) is 0 Å². The number of halogens is 2. The minimum atomic E-state index is 0.0814. The van der Waals surface area contributed by atoms with Crippen LogP contribution >= 0.6 is 31.9 Å². The number of pyridine rings is 2. The Hall–Kier alpha value is -0.740. The topological polar surface area (TPSA) is 25.8 Å². The lowest BCUT2D eigenvalue weighted by atomic mass is 9.71. The summed E-state index contributed by atoms with van der Waals surface area (Å²) in [5.41, 5.74) is 4.93. The van der Waals surface area contributed by atoms with Crippen molar-refractivity contribution in [1.82, 2.24) is 9.97 Å². The molecule has 0 N–H and O–H groups in total. The summed E-state index contributed by atoms with van der Waals surface area (Å²) in [6.45, 7) is 4.54. The van der Waals surface area contributed by atoms with E-state index in [2.05, 4.69) is 70.0 Å². The zero-order chi connectivity index (χ0) is 16.4. The van der Waals surface area contributed by atoms with Crippen LogP contribution in [0.2, 0.25) is 0 Å². The quantitative estimate of drug-likeness (QED) is 0.472. The van der Waals surface area contributed by atoms with Crippen LogP contribution in [0.1, 0.15) is 63.5 Å². The summed E-state index contributed by atoms with van der Waals surface area (Å²) < 4.78 is 1.76. The molecule has 3 rings (SSSR count). The maximum Gasteiger partial charge on any atom is 0.106 e. The number of aromatic nitrogens is 2. The molecule has 2 aromatic rings. The number of rotatable bonds is 6. The summed E-state index contributed by atoms with van der Waals surface area (Å²) in [4.78, 5) is 9.56. The number of unbranched alkanes of at least 4 members (excludes halogenated alkanes) is 2. The van der Waals surface area contributed by atoms with Crippen molar-refractivity contribution < 1.29 is 0 Å². The number of fused-ring (bicyclic) bond motifs is 3. The molecule has 4 heteroatoms. The molecule has 2 aromatic heterocycles. The van der Waals surface area contributed by atoms with Crippen LogP contribution in [0.25, 0.3) is 11.4 Å². The van der Waals surface area contributed by atoms with Crippen LogP contribution in [0.15, 0.2) is 33.5 Å². The molecule has 122 valence electrons. The second kappa shape index (κ2) is 7.02. The first-order valence-corrected chi connectivity index (χ1v) is 10.1. The van der Waals surface area contributed by atoms with Gasteiger partial charge in [0.25, 0.3) is 0 Å². The van der Waals surface area contributed by atoms with Crippen LogP contribution in [-0.2, 0) is 5.41 Å². The summed E-state index contributed by atoms with van der Waals surface area (Å²) in [5, 5.41) is 0. The van der Waals surface area contributed by atoms with E-state index in [9.17, 15) is 0 Å². The maximum absolute atomic E-state index is 4.78. The predicted molar refractivity (Wildman–Crippen MR) is 103 cm³/mol. The van der Waals surface area contributed by atoms with Gasteiger partial charge >= 0.3 is 0 Å². The molecule has 0 saturated carbocycles. The molecule has 0 fully saturated rings. The number of hydrogen-bond acceptors (Lipinski definition) is 2. The fourth-order valence-corrected chi connectivity index (χ4v) is 4.39. The summed E-state index contributed by atoms with van der Waals surface area (Å²) >= 11 is 7.06. The fraction of sp³-hybridized carbons (Fsp3) is 0.474. The van der Waals surface area contributed by atoms with Crippen LogP contribution in [0, 0.1) is 0 Å². The highest BCUT2D eigenvalue weighted by Gasteiger charge is 2.43. The van der Waals surface area contributed by atoms with Gasteiger partial charge in [-0.05, 0) is 68.0 Å². The zero-order valence-electron chi connectivity index (χ0n) is 13.7. The second-order valence-corrected chi connectivity index (χ2v) is 7.97. The van der Waals surface area contributed by atoms with Gasteiger partial charge in [-0.1, -0.05) is 51.7 Å². The molecule has 0 spiro atoms. The highest BCUT2D eigenvalue weighted by atomic mass is 79.9. The first-order valence-electron chi connectivity index (χ1n) is 8.47. The molecule has 2 nitrogen and oxygen atoms in total. The molecule has 0 radical (unpaired) electrons. The normalized spacial score (nSPS) is 14.6. The lowest BCUT2D eigenvalue weighted by molar-refractivity contribution is 0.413. The van der Waals surface area contributed by atoms with E-state index in [4.69, 9.17) is 9.97 Å². The van der Waals surface area contributed by atoms with E-state index >= 15 is 0 Å². The van der Waals surface area contributed by atoms with Crippen molar-refractivity contribution in [2.24, 2.45) is 0 Å². The smallest absolute Gasteiger partial charge is 0.106 e. The Bertz CT molecular complexity index is 651. The summed E-state index contributed by atoms with van der Waals surface area (Å²) in [7, 11) is 0. The Morgan fingerprint density at radius 1 is 0.783 bits per heavy atom. The van der Waals surface area contributed by atoms with Gasteiger partial charge in [-0.2, -0.15) is 0 Å². The largest absolute Gasteiger partial charge is 0.239 e. The molecular weight excluding hydrogens is 416 g/mol. The number of hydrogen-bond donors (Lipinski definition) is 0. The van der Waals surface area contributed by atoms with Gasteiger partial charge in [-0.15, -0.1) is 0 Å². The maximum atomic E-state index is 4.78. The zero-order valence-corrected chi connectivity index (χ0v) is 16.9. The molecule has 0 amide bonds. The molecular formula is C19H22Br2N2. The third-order valence-corrected chi connectivity index (χ3v) is 5.78. The third kappa shape index (κ3) is 3.00. The summed E-state index contributed by atoms with van der Waals surface area (Å²) in [6.07, 6.45) is 7.24. The van der Waals surface area contributed by atoms with Crippen LogP contribution in [0.5, 0.6) is 0 Å². The average molecular weight is 438 g/mol. The Balaban J connectivity index is 2.22. The Morgan fingerprint density at radius 3 is 1.61 bits per heavy atom. The molecule has 0 bridgehead atoms. The van der Waals surface area contributed by atoms with E-state index in [0.29, 0.717) is 0 Å². The van der Waals surface area contributed by atoms with Gasteiger partial charge in [0.05, 0.1) is 11.4 Å². The fourth-order valence-electron chi connectivity index (χ4n) is 3.77. The van der Waals surface area contributed by atoms with Crippen molar-refractivity contribution in [2.75, 3.05) is 0 Å². The van der Waals surface area contributed by atoms with E-state index in [-0.39, 0.29) is 5.41 Å². The highest BCUT2D eigenvalue weighted by molar-refractivity contribution is 9.10. The van der Waals surface area contributed by atoms with Crippen molar-refractivity contribution in [2.45, 2.75) is 57.8 Å². The lowest BCUT2D eigenvalue weighted by Gasteiger charge is -2.32. The minimum Gasteiger partial charge on any atom is -0.239 e. The average Bonchev–Trinajstić information content (AvgIpc) is 2.80. The predicted octanol–water partition coefficient (Wildman–Crippen LogP) is 6.65. The molecule has 2 heterocycles. The van der Waals surface area contributed by atoms with Crippen molar-refractivity contribution in [1.29, 1.82) is 0 Å². The van der Waals surface area contributed by atoms with E-state index in [1.807, 2.05) is 0 Å². The molecule has 0 aliphatic heterocycles. The Kier molecular flexibility index (Phi) is 5.22. The van der Waals surface area contributed by atoms with Crippen molar-refractivity contribution >= 4 is 31.9 Å². The second-order valence-electron chi connectivity index (χ2n) is 6.35. The molecule has 1 aliphatic carbocycles. The van der Waals surface area contributed by atoms with Crippen LogP contribution < -0.4 is 0 Å².